The standard InChI is InChI=1S/C16H17BrClNO/c1-16(2,10-18)19(3)15(20)13-5-4-12-9-14(17)7-6-11(12)8-13/h4-9H,10H2,1-3H3. The lowest BCUT2D eigenvalue weighted by Crippen LogP contribution is -2.46. The number of hydrogen-bond donors (Lipinski definition) is 0. The van der Waals surface area contributed by atoms with Crippen LogP contribution in [0.3, 0.4) is 0 Å². The third-order valence-corrected chi connectivity index (χ3v) is 4.74. The Morgan fingerprint density at radius 1 is 1.20 bits per heavy atom. The number of halogens is 2. The molecule has 0 bridgehead atoms. The van der Waals surface area contributed by atoms with Crippen molar-refractivity contribution in [1.29, 1.82) is 0 Å². The molecule has 0 atom stereocenters. The topological polar surface area (TPSA) is 20.3 Å². The fourth-order valence-electron chi connectivity index (χ4n) is 1.91. The zero-order valence-electron chi connectivity index (χ0n) is 11.8. The van der Waals surface area contributed by atoms with Gasteiger partial charge in [0.2, 0.25) is 0 Å². The van der Waals surface area contributed by atoms with Crippen molar-refractivity contribution in [1.82, 2.24) is 4.90 Å². The molecule has 4 heteroatoms. The molecule has 20 heavy (non-hydrogen) atoms. The second-order valence-corrected chi connectivity index (χ2v) is 6.70. The van der Waals surface area contributed by atoms with Gasteiger partial charge in [0.25, 0.3) is 5.91 Å². The van der Waals surface area contributed by atoms with Crippen LogP contribution >= 0.6 is 27.5 Å². The number of nitrogens with zero attached hydrogens (tertiary/aromatic N) is 1. The van der Waals surface area contributed by atoms with Gasteiger partial charge in [0.1, 0.15) is 0 Å². The molecule has 0 aliphatic carbocycles. The fourth-order valence-corrected chi connectivity index (χ4v) is 2.47. The zero-order valence-corrected chi connectivity index (χ0v) is 14.1. The van der Waals surface area contributed by atoms with E-state index < -0.39 is 0 Å². The summed E-state index contributed by atoms with van der Waals surface area (Å²) >= 11 is 9.38. The van der Waals surface area contributed by atoms with Gasteiger partial charge in [0, 0.05) is 23.0 Å². The molecule has 0 heterocycles. The summed E-state index contributed by atoms with van der Waals surface area (Å²) in [4.78, 5) is 14.2. The Labute approximate surface area is 132 Å². The Hall–Kier alpha value is -1.06. The smallest absolute Gasteiger partial charge is 0.254 e. The van der Waals surface area contributed by atoms with Gasteiger partial charge >= 0.3 is 0 Å². The molecule has 2 nitrogen and oxygen atoms in total. The highest BCUT2D eigenvalue weighted by Gasteiger charge is 2.27. The summed E-state index contributed by atoms with van der Waals surface area (Å²) in [6.07, 6.45) is 0. The molecule has 0 aliphatic rings. The number of fused-ring (bicyclic) bond motifs is 1. The summed E-state index contributed by atoms with van der Waals surface area (Å²) in [6.45, 7) is 3.91. The van der Waals surface area contributed by atoms with Crippen LogP contribution in [-0.4, -0.2) is 29.3 Å². The first-order valence-corrected chi connectivity index (χ1v) is 7.71. The van der Waals surface area contributed by atoms with Gasteiger partial charge in [-0.15, -0.1) is 11.6 Å². The number of benzene rings is 2. The molecule has 2 aromatic rings. The van der Waals surface area contributed by atoms with Crippen LogP contribution in [0, 0.1) is 0 Å². The summed E-state index contributed by atoms with van der Waals surface area (Å²) in [6, 6.07) is 11.8. The first kappa shape index (κ1) is 15.3. The summed E-state index contributed by atoms with van der Waals surface area (Å²) in [5, 5.41) is 2.16. The highest BCUT2D eigenvalue weighted by Crippen LogP contribution is 2.23. The predicted molar refractivity (Wildman–Crippen MR) is 88.5 cm³/mol. The van der Waals surface area contributed by atoms with Crippen molar-refractivity contribution in [3.8, 4) is 0 Å². The maximum atomic E-state index is 12.5. The minimum atomic E-state index is -0.368. The van der Waals surface area contributed by atoms with Gasteiger partial charge in [0.15, 0.2) is 0 Å². The van der Waals surface area contributed by atoms with Crippen molar-refractivity contribution in [3.05, 3.63) is 46.4 Å². The molecule has 106 valence electrons. The fraction of sp³-hybridized carbons (Fsp3) is 0.312. The van der Waals surface area contributed by atoms with E-state index in [0.29, 0.717) is 11.4 Å². The molecule has 0 aromatic heterocycles. The molecular formula is C16H17BrClNO. The van der Waals surface area contributed by atoms with Gasteiger partial charge in [-0.05, 0) is 48.9 Å². The molecule has 0 radical (unpaired) electrons. The molecule has 0 N–H and O–H groups in total. The van der Waals surface area contributed by atoms with Crippen molar-refractivity contribution in [2.75, 3.05) is 12.9 Å². The van der Waals surface area contributed by atoms with Crippen LogP contribution < -0.4 is 0 Å². The third kappa shape index (κ3) is 2.99. The predicted octanol–water partition coefficient (Wildman–Crippen LogP) is 4.69. The molecule has 2 rings (SSSR count). The van der Waals surface area contributed by atoms with E-state index in [1.54, 1.807) is 11.9 Å². The highest BCUT2D eigenvalue weighted by molar-refractivity contribution is 9.10. The Morgan fingerprint density at radius 2 is 1.80 bits per heavy atom. The molecule has 1 amide bonds. The minimum Gasteiger partial charge on any atom is -0.335 e. The summed E-state index contributed by atoms with van der Waals surface area (Å²) < 4.78 is 1.03. The van der Waals surface area contributed by atoms with Crippen LogP contribution in [0.25, 0.3) is 10.8 Å². The van der Waals surface area contributed by atoms with E-state index in [1.807, 2.05) is 50.2 Å². The van der Waals surface area contributed by atoms with Gasteiger partial charge in [-0.1, -0.05) is 28.1 Å². The van der Waals surface area contributed by atoms with Gasteiger partial charge in [0.05, 0.1) is 5.54 Å². The van der Waals surface area contributed by atoms with Gasteiger partial charge in [-0.3, -0.25) is 4.79 Å². The SMILES string of the molecule is CN(C(=O)c1ccc2cc(Br)ccc2c1)C(C)(C)CCl. The normalized spacial score (nSPS) is 11.7. The molecular weight excluding hydrogens is 338 g/mol. The average Bonchev–Trinajstić information content (AvgIpc) is 2.45. The number of hydrogen-bond acceptors (Lipinski definition) is 1. The van der Waals surface area contributed by atoms with Crippen molar-refractivity contribution < 1.29 is 4.79 Å². The van der Waals surface area contributed by atoms with Gasteiger partial charge in [-0.2, -0.15) is 0 Å². The largest absolute Gasteiger partial charge is 0.335 e. The second-order valence-electron chi connectivity index (χ2n) is 5.52. The van der Waals surface area contributed by atoms with E-state index in [4.69, 9.17) is 11.6 Å². The average molecular weight is 355 g/mol. The lowest BCUT2D eigenvalue weighted by atomic mass is 10.0. The molecule has 0 saturated carbocycles. The van der Waals surface area contributed by atoms with Crippen molar-refractivity contribution in [2.45, 2.75) is 19.4 Å². The van der Waals surface area contributed by atoms with Crippen LogP contribution in [0.2, 0.25) is 0 Å². The Balaban J connectivity index is 2.38. The highest BCUT2D eigenvalue weighted by atomic mass is 79.9. The summed E-state index contributed by atoms with van der Waals surface area (Å²) in [5.74, 6) is 0.385. The van der Waals surface area contributed by atoms with Crippen molar-refractivity contribution >= 4 is 44.2 Å². The first-order chi connectivity index (χ1) is 9.35. The Morgan fingerprint density at radius 3 is 2.45 bits per heavy atom. The lowest BCUT2D eigenvalue weighted by molar-refractivity contribution is 0.0660. The molecule has 0 spiro atoms. The van der Waals surface area contributed by atoms with Crippen LogP contribution in [0.1, 0.15) is 24.2 Å². The molecule has 0 fully saturated rings. The molecule has 0 aliphatic heterocycles. The summed E-state index contributed by atoms with van der Waals surface area (Å²) in [7, 11) is 1.79. The maximum Gasteiger partial charge on any atom is 0.254 e. The monoisotopic (exact) mass is 353 g/mol. The van der Waals surface area contributed by atoms with Crippen LogP contribution in [0.15, 0.2) is 40.9 Å². The van der Waals surface area contributed by atoms with E-state index in [-0.39, 0.29) is 11.4 Å². The van der Waals surface area contributed by atoms with Crippen LogP contribution in [0.4, 0.5) is 0 Å². The van der Waals surface area contributed by atoms with E-state index in [0.717, 1.165) is 15.2 Å². The molecule has 2 aromatic carbocycles. The number of carbonyl (C=O) groups is 1. The number of alkyl halides is 1. The zero-order chi connectivity index (χ0) is 14.9. The lowest BCUT2D eigenvalue weighted by Gasteiger charge is -2.34. The minimum absolute atomic E-state index is 0.0135. The maximum absolute atomic E-state index is 12.5. The molecule has 0 saturated heterocycles. The van der Waals surface area contributed by atoms with E-state index in [9.17, 15) is 4.79 Å². The van der Waals surface area contributed by atoms with Crippen LogP contribution in [-0.2, 0) is 0 Å². The van der Waals surface area contributed by atoms with Crippen LogP contribution in [0.5, 0.6) is 0 Å². The number of carbonyl (C=O) groups excluding carboxylic acids is 1. The van der Waals surface area contributed by atoms with E-state index in [2.05, 4.69) is 15.9 Å². The van der Waals surface area contributed by atoms with Gasteiger partial charge < -0.3 is 4.90 Å². The second kappa shape index (κ2) is 5.74. The first-order valence-electron chi connectivity index (χ1n) is 6.38. The van der Waals surface area contributed by atoms with Gasteiger partial charge in [-0.25, -0.2) is 0 Å². The Kier molecular flexibility index (Phi) is 4.40. The van der Waals surface area contributed by atoms with Crippen molar-refractivity contribution in [3.63, 3.8) is 0 Å². The third-order valence-electron chi connectivity index (χ3n) is 3.59. The quantitative estimate of drug-likeness (QED) is 0.732. The summed E-state index contributed by atoms with van der Waals surface area (Å²) in [5.41, 5.74) is 0.313. The molecule has 0 unspecified atom stereocenters. The number of amides is 1. The van der Waals surface area contributed by atoms with E-state index in [1.165, 1.54) is 0 Å². The van der Waals surface area contributed by atoms with E-state index >= 15 is 0 Å². The number of rotatable bonds is 3. The Bertz CT molecular complexity index is 654. The van der Waals surface area contributed by atoms with Crippen molar-refractivity contribution in [2.24, 2.45) is 0 Å².